The zero-order valence-electron chi connectivity index (χ0n) is 17.3. The Balaban J connectivity index is 1.70. The number of carbonyl (C=O) groups excluding carboxylic acids is 3. The van der Waals surface area contributed by atoms with Crippen LogP contribution in [0.2, 0.25) is 0 Å². The van der Waals surface area contributed by atoms with Crippen molar-refractivity contribution in [1.29, 1.82) is 0 Å². The number of rotatable bonds is 6. The van der Waals surface area contributed by atoms with Crippen LogP contribution in [0.4, 0.5) is 11.4 Å². The molecule has 0 bridgehead atoms. The first-order valence-electron chi connectivity index (χ1n) is 9.66. The van der Waals surface area contributed by atoms with Crippen LogP contribution in [-0.2, 0) is 9.59 Å². The molecular formula is C22H25N3O5. The van der Waals surface area contributed by atoms with Crippen LogP contribution in [0.15, 0.2) is 42.5 Å². The molecule has 2 atom stereocenters. The Hall–Kier alpha value is -3.55. The molecule has 1 heterocycles. The number of hydrogen-bond acceptors (Lipinski definition) is 5. The molecule has 2 aromatic carbocycles. The molecule has 1 aliphatic rings. The maximum absolute atomic E-state index is 12.8. The molecule has 0 saturated heterocycles. The average Bonchev–Trinajstić information content (AvgIpc) is 2.72. The van der Waals surface area contributed by atoms with Crippen LogP contribution >= 0.6 is 0 Å². The lowest BCUT2D eigenvalue weighted by Gasteiger charge is -2.25. The number of fused-ring (bicyclic) bond motifs is 1. The van der Waals surface area contributed by atoms with Gasteiger partial charge in [-0.25, -0.2) is 0 Å². The summed E-state index contributed by atoms with van der Waals surface area (Å²) in [4.78, 5) is 37.2. The zero-order chi connectivity index (χ0) is 21.8. The normalized spacial score (nSPS) is 16.0. The van der Waals surface area contributed by atoms with Crippen LogP contribution in [0.3, 0.4) is 0 Å². The highest BCUT2D eigenvalue weighted by atomic mass is 16.5. The zero-order valence-corrected chi connectivity index (χ0v) is 17.3. The van der Waals surface area contributed by atoms with Crippen molar-refractivity contribution in [2.75, 3.05) is 17.7 Å². The number of nitrogens with one attached hydrogen (secondary N) is 3. The molecule has 8 nitrogen and oxygen atoms in total. The van der Waals surface area contributed by atoms with Crippen LogP contribution in [0.1, 0.15) is 31.1 Å². The molecule has 8 heteroatoms. The first kappa shape index (κ1) is 21.2. The average molecular weight is 411 g/mol. The van der Waals surface area contributed by atoms with Gasteiger partial charge in [0.25, 0.3) is 11.8 Å². The van der Waals surface area contributed by atoms with Crippen LogP contribution in [-0.4, -0.2) is 37.0 Å². The Kier molecular flexibility index (Phi) is 6.25. The van der Waals surface area contributed by atoms with Crippen molar-refractivity contribution in [2.45, 2.75) is 32.9 Å². The van der Waals surface area contributed by atoms with Gasteiger partial charge in [0.1, 0.15) is 17.5 Å². The van der Waals surface area contributed by atoms with E-state index in [0.717, 1.165) is 0 Å². The third kappa shape index (κ3) is 4.71. The van der Waals surface area contributed by atoms with Crippen molar-refractivity contribution in [3.05, 3.63) is 48.0 Å². The quantitative estimate of drug-likeness (QED) is 0.678. The van der Waals surface area contributed by atoms with E-state index in [2.05, 4.69) is 16.0 Å². The van der Waals surface area contributed by atoms with Gasteiger partial charge >= 0.3 is 0 Å². The maximum Gasteiger partial charge on any atom is 0.265 e. The van der Waals surface area contributed by atoms with Gasteiger partial charge in [-0.3, -0.25) is 14.4 Å². The fourth-order valence-electron chi connectivity index (χ4n) is 3.01. The van der Waals surface area contributed by atoms with Gasteiger partial charge in [0, 0.05) is 11.3 Å². The lowest BCUT2D eigenvalue weighted by molar-refractivity contribution is -0.122. The number of ether oxygens (including phenoxy) is 2. The summed E-state index contributed by atoms with van der Waals surface area (Å²) in [5.74, 6) is 0.0669. The Labute approximate surface area is 174 Å². The summed E-state index contributed by atoms with van der Waals surface area (Å²) in [6, 6.07) is 10.9. The molecule has 0 unspecified atom stereocenters. The Morgan fingerprint density at radius 2 is 1.83 bits per heavy atom. The van der Waals surface area contributed by atoms with Gasteiger partial charge in [0.05, 0.1) is 12.8 Å². The van der Waals surface area contributed by atoms with Gasteiger partial charge in [-0.15, -0.1) is 0 Å². The van der Waals surface area contributed by atoms with Gasteiger partial charge in [-0.05, 0) is 55.3 Å². The first-order chi connectivity index (χ1) is 14.3. The third-order valence-electron chi connectivity index (χ3n) is 4.77. The second-order valence-corrected chi connectivity index (χ2v) is 7.37. The SMILES string of the molecule is COc1ccc(C(=O)N[C@H](C(=O)Nc2ccc3c(c2)NC(=O)[C@H](C)O3)C(C)C)cc1. The number of benzene rings is 2. The number of amides is 3. The van der Waals surface area contributed by atoms with Gasteiger partial charge < -0.3 is 25.4 Å². The Morgan fingerprint density at radius 1 is 1.13 bits per heavy atom. The van der Waals surface area contributed by atoms with E-state index in [1.165, 1.54) is 0 Å². The minimum Gasteiger partial charge on any atom is -0.497 e. The highest BCUT2D eigenvalue weighted by molar-refractivity contribution is 6.02. The minimum atomic E-state index is -0.749. The van der Waals surface area contributed by atoms with Gasteiger partial charge in [-0.1, -0.05) is 13.8 Å². The third-order valence-corrected chi connectivity index (χ3v) is 4.77. The van der Waals surface area contributed by atoms with Gasteiger partial charge in [0.2, 0.25) is 5.91 Å². The number of carbonyl (C=O) groups is 3. The van der Waals surface area contributed by atoms with E-state index >= 15 is 0 Å². The van der Waals surface area contributed by atoms with Crippen LogP contribution in [0, 0.1) is 5.92 Å². The number of hydrogen-bond donors (Lipinski definition) is 3. The number of anilines is 2. The molecule has 1 aliphatic heterocycles. The fraction of sp³-hybridized carbons (Fsp3) is 0.318. The Morgan fingerprint density at radius 3 is 2.47 bits per heavy atom. The molecule has 3 amide bonds. The summed E-state index contributed by atoms with van der Waals surface area (Å²) in [6.07, 6.45) is -0.573. The van der Waals surface area contributed by atoms with E-state index in [0.29, 0.717) is 28.4 Å². The van der Waals surface area contributed by atoms with Crippen molar-refractivity contribution in [3.8, 4) is 11.5 Å². The molecule has 30 heavy (non-hydrogen) atoms. The summed E-state index contributed by atoms with van der Waals surface area (Å²) in [5.41, 5.74) is 1.40. The highest BCUT2D eigenvalue weighted by Gasteiger charge is 2.27. The topological polar surface area (TPSA) is 106 Å². The molecule has 0 spiro atoms. The molecule has 0 aliphatic carbocycles. The maximum atomic E-state index is 12.8. The van der Waals surface area contributed by atoms with E-state index in [1.54, 1.807) is 56.5 Å². The predicted molar refractivity (Wildman–Crippen MR) is 113 cm³/mol. The van der Waals surface area contributed by atoms with Crippen molar-refractivity contribution in [3.63, 3.8) is 0 Å². The van der Waals surface area contributed by atoms with E-state index in [9.17, 15) is 14.4 Å². The summed E-state index contributed by atoms with van der Waals surface area (Å²) in [6.45, 7) is 5.36. The molecular weight excluding hydrogens is 386 g/mol. The van der Waals surface area contributed by atoms with E-state index in [1.807, 2.05) is 13.8 Å². The van der Waals surface area contributed by atoms with Crippen LogP contribution in [0.25, 0.3) is 0 Å². The van der Waals surface area contributed by atoms with Crippen molar-refractivity contribution in [1.82, 2.24) is 5.32 Å². The second kappa shape index (κ2) is 8.86. The lowest BCUT2D eigenvalue weighted by Crippen LogP contribution is -2.47. The standard InChI is InChI=1S/C22H25N3O5/c1-12(2)19(25-21(27)14-5-8-16(29-4)9-6-14)22(28)23-15-7-10-18-17(11-15)24-20(26)13(3)30-18/h5-13,19H,1-4H3,(H,23,28)(H,24,26)(H,25,27)/t13-,19-/m0/s1. The monoisotopic (exact) mass is 411 g/mol. The minimum absolute atomic E-state index is 0.145. The first-order valence-corrected chi connectivity index (χ1v) is 9.66. The van der Waals surface area contributed by atoms with Gasteiger partial charge in [-0.2, -0.15) is 0 Å². The number of methoxy groups -OCH3 is 1. The van der Waals surface area contributed by atoms with E-state index < -0.39 is 12.1 Å². The molecule has 3 rings (SSSR count). The molecule has 0 saturated carbocycles. The van der Waals surface area contributed by atoms with Crippen LogP contribution < -0.4 is 25.4 Å². The molecule has 0 fully saturated rings. The smallest absolute Gasteiger partial charge is 0.265 e. The van der Waals surface area contributed by atoms with Crippen LogP contribution in [0.5, 0.6) is 11.5 Å². The van der Waals surface area contributed by atoms with Gasteiger partial charge in [0.15, 0.2) is 6.10 Å². The summed E-state index contributed by atoms with van der Waals surface area (Å²) >= 11 is 0. The second-order valence-electron chi connectivity index (χ2n) is 7.37. The largest absolute Gasteiger partial charge is 0.497 e. The fourth-order valence-corrected chi connectivity index (χ4v) is 3.01. The molecule has 3 N–H and O–H groups in total. The summed E-state index contributed by atoms with van der Waals surface area (Å²) in [7, 11) is 1.55. The molecule has 0 aromatic heterocycles. The molecule has 0 radical (unpaired) electrons. The van der Waals surface area contributed by atoms with E-state index in [4.69, 9.17) is 9.47 Å². The molecule has 2 aromatic rings. The lowest BCUT2D eigenvalue weighted by atomic mass is 10.0. The van der Waals surface area contributed by atoms with Crippen molar-refractivity contribution >= 4 is 29.1 Å². The predicted octanol–water partition coefficient (Wildman–Crippen LogP) is 2.81. The highest BCUT2D eigenvalue weighted by Crippen LogP contribution is 2.32. The summed E-state index contributed by atoms with van der Waals surface area (Å²) in [5, 5.41) is 8.32. The van der Waals surface area contributed by atoms with E-state index in [-0.39, 0.29) is 23.6 Å². The summed E-state index contributed by atoms with van der Waals surface area (Å²) < 4.78 is 10.6. The van der Waals surface area contributed by atoms with Crippen molar-refractivity contribution in [2.24, 2.45) is 5.92 Å². The Bertz CT molecular complexity index is 956. The van der Waals surface area contributed by atoms with Crippen molar-refractivity contribution < 1.29 is 23.9 Å². The molecule has 158 valence electrons.